The molecule has 0 unspecified atom stereocenters. The molecule has 0 amide bonds. The molecule has 1 aliphatic rings. The summed E-state index contributed by atoms with van der Waals surface area (Å²) in [4.78, 5) is 2.50. The fourth-order valence-electron chi connectivity index (χ4n) is 8.78. The van der Waals surface area contributed by atoms with Gasteiger partial charge in [-0.25, -0.2) is 0 Å². The van der Waals surface area contributed by atoms with E-state index in [4.69, 9.17) is 0 Å². The van der Waals surface area contributed by atoms with Crippen LogP contribution in [0.25, 0.3) is 73.4 Å². The van der Waals surface area contributed by atoms with Gasteiger partial charge in [0.25, 0.3) is 0 Å². The van der Waals surface area contributed by atoms with E-state index in [0.29, 0.717) is 0 Å². The fourth-order valence-corrected chi connectivity index (χ4v) is 11.2. The van der Waals surface area contributed by atoms with E-state index in [1.165, 1.54) is 95.9 Å². The standard InChI is InChI=1S/C49H33NS2/c1-49(2)39-16-9-8-15-36(39)38-29-34(24-26-40(38)49)50(33-22-19-31(20-23-33)30-11-4-3-5-12-30)41-17-10-18-42-46(41)47-44(51-42)28-27-43-45(47)37-25-21-32-13-6-7-14-35(32)48(37)52-43/h3-29H,1-2H3. The first-order chi connectivity index (χ1) is 25.5. The lowest BCUT2D eigenvalue weighted by Crippen LogP contribution is -2.15. The Morgan fingerprint density at radius 2 is 1.13 bits per heavy atom. The van der Waals surface area contributed by atoms with Crippen molar-refractivity contribution >= 4 is 90.9 Å². The van der Waals surface area contributed by atoms with Crippen molar-refractivity contribution in [2.75, 3.05) is 4.90 Å². The van der Waals surface area contributed by atoms with Gasteiger partial charge in [-0.1, -0.05) is 129 Å². The number of rotatable bonds is 4. The molecule has 0 aliphatic heterocycles. The highest BCUT2D eigenvalue weighted by Crippen LogP contribution is 2.53. The predicted molar refractivity (Wildman–Crippen MR) is 227 cm³/mol. The molecule has 2 heterocycles. The van der Waals surface area contributed by atoms with Gasteiger partial charge in [0, 0.05) is 57.1 Å². The first-order valence-corrected chi connectivity index (χ1v) is 19.6. The maximum Gasteiger partial charge on any atom is 0.0555 e. The summed E-state index contributed by atoms with van der Waals surface area (Å²) in [7, 11) is 0. The molecule has 1 aliphatic carbocycles. The first kappa shape index (κ1) is 29.9. The smallest absolute Gasteiger partial charge is 0.0555 e. The van der Waals surface area contributed by atoms with Crippen LogP contribution in [0.15, 0.2) is 164 Å². The van der Waals surface area contributed by atoms with Crippen molar-refractivity contribution in [3.63, 3.8) is 0 Å². The molecule has 3 heteroatoms. The van der Waals surface area contributed by atoms with E-state index in [1.54, 1.807) is 0 Å². The van der Waals surface area contributed by atoms with Crippen molar-refractivity contribution in [2.45, 2.75) is 19.3 Å². The van der Waals surface area contributed by atoms with Gasteiger partial charge in [-0.15, -0.1) is 22.7 Å². The van der Waals surface area contributed by atoms with E-state index in [9.17, 15) is 0 Å². The monoisotopic (exact) mass is 699 g/mol. The molecule has 0 spiro atoms. The topological polar surface area (TPSA) is 3.24 Å². The first-order valence-electron chi connectivity index (χ1n) is 17.9. The highest BCUT2D eigenvalue weighted by Gasteiger charge is 2.35. The van der Waals surface area contributed by atoms with E-state index < -0.39 is 0 Å². The number of benzene rings is 8. The van der Waals surface area contributed by atoms with Crippen LogP contribution in [-0.4, -0.2) is 0 Å². The Morgan fingerprint density at radius 3 is 2.00 bits per heavy atom. The summed E-state index contributed by atoms with van der Waals surface area (Å²) in [5.41, 5.74) is 11.3. The molecule has 0 fully saturated rings. The fraction of sp³-hybridized carbons (Fsp3) is 0.0612. The number of nitrogens with zero attached hydrogens (tertiary/aromatic N) is 1. The Labute approximate surface area is 310 Å². The van der Waals surface area contributed by atoms with Gasteiger partial charge in [-0.2, -0.15) is 0 Å². The quantitative estimate of drug-likeness (QED) is 0.177. The van der Waals surface area contributed by atoms with Gasteiger partial charge in [0.1, 0.15) is 0 Å². The molecule has 2 aromatic heterocycles. The number of hydrogen-bond acceptors (Lipinski definition) is 3. The molecule has 0 atom stereocenters. The van der Waals surface area contributed by atoms with Gasteiger partial charge < -0.3 is 4.90 Å². The second-order valence-electron chi connectivity index (χ2n) is 14.5. The van der Waals surface area contributed by atoms with Crippen LogP contribution in [0.5, 0.6) is 0 Å². The minimum atomic E-state index is -0.0496. The van der Waals surface area contributed by atoms with Crippen LogP contribution < -0.4 is 4.90 Å². The molecular weight excluding hydrogens is 667 g/mol. The van der Waals surface area contributed by atoms with Crippen molar-refractivity contribution in [3.8, 4) is 22.3 Å². The van der Waals surface area contributed by atoms with Crippen LogP contribution in [-0.2, 0) is 5.41 Å². The molecule has 52 heavy (non-hydrogen) atoms. The van der Waals surface area contributed by atoms with Gasteiger partial charge in [-0.3, -0.25) is 0 Å². The second kappa shape index (κ2) is 11.1. The third-order valence-electron chi connectivity index (χ3n) is 11.3. The van der Waals surface area contributed by atoms with E-state index in [2.05, 4.69) is 183 Å². The molecule has 246 valence electrons. The van der Waals surface area contributed by atoms with Crippen LogP contribution in [0, 0.1) is 0 Å². The molecule has 0 bridgehead atoms. The summed E-state index contributed by atoms with van der Waals surface area (Å²) in [5, 5.41) is 8.00. The predicted octanol–water partition coefficient (Wildman–Crippen LogP) is 15.0. The second-order valence-corrected chi connectivity index (χ2v) is 16.6. The maximum absolute atomic E-state index is 2.50. The Morgan fingerprint density at radius 1 is 0.442 bits per heavy atom. The van der Waals surface area contributed by atoms with Crippen molar-refractivity contribution in [2.24, 2.45) is 0 Å². The summed E-state index contributed by atoms with van der Waals surface area (Å²) in [6.45, 7) is 4.71. The van der Waals surface area contributed by atoms with Gasteiger partial charge in [0.2, 0.25) is 0 Å². The largest absolute Gasteiger partial charge is 0.310 e. The summed E-state index contributed by atoms with van der Waals surface area (Å²) < 4.78 is 5.33. The van der Waals surface area contributed by atoms with E-state index in [1.807, 2.05) is 22.7 Å². The van der Waals surface area contributed by atoms with Crippen LogP contribution in [0.4, 0.5) is 17.1 Å². The van der Waals surface area contributed by atoms with Crippen molar-refractivity contribution in [1.29, 1.82) is 0 Å². The molecule has 0 radical (unpaired) electrons. The van der Waals surface area contributed by atoms with E-state index in [-0.39, 0.29) is 5.41 Å². The molecule has 10 aromatic rings. The third kappa shape index (κ3) is 4.27. The van der Waals surface area contributed by atoms with Gasteiger partial charge in [-0.05, 0) is 92.7 Å². The van der Waals surface area contributed by atoms with Gasteiger partial charge in [0.05, 0.1) is 5.69 Å². The Balaban J connectivity index is 1.20. The third-order valence-corrected chi connectivity index (χ3v) is 13.6. The summed E-state index contributed by atoms with van der Waals surface area (Å²) in [5.74, 6) is 0. The number of hydrogen-bond donors (Lipinski definition) is 0. The maximum atomic E-state index is 2.50. The van der Waals surface area contributed by atoms with E-state index >= 15 is 0 Å². The van der Waals surface area contributed by atoms with E-state index in [0.717, 1.165) is 5.69 Å². The van der Waals surface area contributed by atoms with Crippen LogP contribution >= 0.6 is 22.7 Å². The minimum absolute atomic E-state index is 0.0496. The lowest BCUT2D eigenvalue weighted by Gasteiger charge is -2.28. The number of fused-ring (bicyclic) bond motifs is 12. The van der Waals surface area contributed by atoms with Crippen molar-refractivity contribution in [1.82, 2.24) is 0 Å². The Hall–Kier alpha value is -5.74. The Bertz CT molecular complexity index is 3040. The summed E-state index contributed by atoms with van der Waals surface area (Å²) in [6.07, 6.45) is 0. The average molecular weight is 700 g/mol. The highest BCUT2D eigenvalue weighted by molar-refractivity contribution is 7.28. The highest BCUT2D eigenvalue weighted by atomic mass is 32.1. The summed E-state index contributed by atoms with van der Waals surface area (Å²) in [6, 6.07) is 60.9. The molecule has 1 nitrogen and oxygen atoms in total. The zero-order chi connectivity index (χ0) is 34.6. The van der Waals surface area contributed by atoms with Crippen LogP contribution in [0.3, 0.4) is 0 Å². The lowest BCUT2D eigenvalue weighted by molar-refractivity contribution is 0.660. The SMILES string of the molecule is CC1(C)c2ccccc2-c2cc(N(c3ccc(-c4ccccc4)cc3)c3cccc4sc5ccc6sc7c8ccccc8ccc7c6c5c34)ccc21. The summed E-state index contributed by atoms with van der Waals surface area (Å²) >= 11 is 3.82. The van der Waals surface area contributed by atoms with Crippen LogP contribution in [0.1, 0.15) is 25.0 Å². The average Bonchev–Trinajstić information content (AvgIpc) is 3.84. The van der Waals surface area contributed by atoms with Crippen molar-refractivity contribution in [3.05, 3.63) is 175 Å². The zero-order valence-corrected chi connectivity index (χ0v) is 30.5. The van der Waals surface area contributed by atoms with Crippen molar-refractivity contribution < 1.29 is 0 Å². The molecule has 0 saturated carbocycles. The zero-order valence-electron chi connectivity index (χ0n) is 28.9. The Kier molecular flexibility index (Phi) is 6.41. The molecular formula is C49H33NS2. The van der Waals surface area contributed by atoms with Gasteiger partial charge >= 0.3 is 0 Å². The minimum Gasteiger partial charge on any atom is -0.310 e. The molecule has 8 aromatic carbocycles. The van der Waals surface area contributed by atoms with Gasteiger partial charge in [0.15, 0.2) is 0 Å². The molecule has 11 rings (SSSR count). The van der Waals surface area contributed by atoms with Crippen LogP contribution in [0.2, 0.25) is 0 Å². The normalized spacial score (nSPS) is 13.3. The lowest BCUT2D eigenvalue weighted by atomic mass is 9.82. The molecule has 0 saturated heterocycles. The molecule has 0 N–H and O–H groups in total. The number of thiophene rings is 2. The number of anilines is 3.